The lowest BCUT2D eigenvalue weighted by Crippen LogP contribution is -2.22. The van der Waals surface area contributed by atoms with Gasteiger partial charge in [-0.15, -0.1) is 5.10 Å². The van der Waals surface area contributed by atoms with Crippen molar-refractivity contribution in [1.29, 1.82) is 0 Å². The number of aromatic nitrogens is 3. The Bertz CT molecular complexity index is 386. The topological polar surface area (TPSA) is 42.7 Å². The van der Waals surface area contributed by atoms with E-state index in [9.17, 15) is 0 Å². The lowest BCUT2D eigenvalue weighted by Gasteiger charge is -2.17. The minimum Gasteiger partial charge on any atom is -0.311 e. The highest BCUT2D eigenvalue weighted by Crippen LogP contribution is 2.50. The van der Waals surface area contributed by atoms with E-state index < -0.39 is 0 Å². The smallest absolute Gasteiger partial charge is 0.0965 e. The van der Waals surface area contributed by atoms with Crippen LogP contribution in [-0.4, -0.2) is 21.5 Å². The molecule has 1 aliphatic rings. The monoisotopic (exact) mass is 236 g/mol. The van der Waals surface area contributed by atoms with Crippen molar-refractivity contribution in [2.24, 2.45) is 11.3 Å². The molecule has 96 valence electrons. The largest absolute Gasteiger partial charge is 0.311 e. The maximum atomic E-state index is 4.19. The van der Waals surface area contributed by atoms with Crippen LogP contribution in [0.2, 0.25) is 0 Å². The van der Waals surface area contributed by atoms with E-state index >= 15 is 0 Å². The van der Waals surface area contributed by atoms with Gasteiger partial charge in [0, 0.05) is 6.54 Å². The molecule has 1 aromatic heterocycles. The second kappa shape index (κ2) is 4.09. The molecule has 0 aliphatic heterocycles. The van der Waals surface area contributed by atoms with Crippen LogP contribution in [0, 0.1) is 11.3 Å². The van der Waals surface area contributed by atoms with Crippen LogP contribution in [0.1, 0.15) is 46.7 Å². The van der Waals surface area contributed by atoms with Gasteiger partial charge in [-0.05, 0) is 45.1 Å². The van der Waals surface area contributed by atoms with Crippen LogP contribution in [0.5, 0.6) is 0 Å². The third kappa shape index (κ3) is 3.06. The second-order valence-corrected chi connectivity index (χ2v) is 6.85. The predicted molar refractivity (Wildman–Crippen MR) is 68.6 cm³/mol. The fraction of sp³-hybridized carbons (Fsp3) is 0.846. The Morgan fingerprint density at radius 2 is 2.12 bits per heavy atom. The number of nitrogens with zero attached hydrogens (tertiary/aromatic N) is 3. The Kier molecular flexibility index (Phi) is 3.02. The van der Waals surface area contributed by atoms with Crippen molar-refractivity contribution in [3.63, 3.8) is 0 Å². The van der Waals surface area contributed by atoms with Crippen molar-refractivity contribution in [3.8, 4) is 0 Å². The van der Waals surface area contributed by atoms with Crippen LogP contribution >= 0.6 is 0 Å². The molecular formula is C13H24N4. The quantitative estimate of drug-likeness (QED) is 0.871. The fourth-order valence-electron chi connectivity index (χ4n) is 2.01. The number of nitrogens with one attached hydrogen (secondary N) is 1. The summed E-state index contributed by atoms with van der Waals surface area (Å²) in [6, 6.07) is 0. The van der Waals surface area contributed by atoms with Crippen LogP contribution in [0.4, 0.5) is 0 Å². The molecule has 2 rings (SSSR count). The Balaban J connectivity index is 1.78. The van der Waals surface area contributed by atoms with E-state index in [1.165, 1.54) is 6.42 Å². The molecular weight excluding hydrogens is 212 g/mol. The van der Waals surface area contributed by atoms with E-state index in [1.807, 2.05) is 10.9 Å². The van der Waals surface area contributed by atoms with Crippen molar-refractivity contribution in [3.05, 3.63) is 11.9 Å². The van der Waals surface area contributed by atoms with E-state index in [0.717, 1.165) is 24.7 Å². The summed E-state index contributed by atoms with van der Waals surface area (Å²) in [6.45, 7) is 13.0. The summed E-state index contributed by atoms with van der Waals surface area (Å²) < 4.78 is 1.92. The molecule has 0 spiro atoms. The van der Waals surface area contributed by atoms with Gasteiger partial charge in [0.1, 0.15) is 0 Å². The SMILES string of the molecule is CC1(C)CC1CNCc1cn(C(C)(C)C)nn1. The summed E-state index contributed by atoms with van der Waals surface area (Å²) in [4.78, 5) is 0. The molecule has 4 heteroatoms. The molecule has 17 heavy (non-hydrogen) atoms. The first-order valence-electron chi connectivity index (χ1n) is 6.41. The van der Waals surface area contributed by atoms with E-state index in [4.69, 9.17) is 0 Å². The van der Waals surface area contributed by atoms with Gasteiger partial charge in [-0.1, -0.05) is 19.1 Å². The van der Waals surface area contributed by atoms with Crippen LogP contribution < -0.4 is 5.32 Å². The van der Waals surface area contributed by atoms with Gasteiger partial charge in [0.25, 0.3) is 0 Å². The maximum Gasteiger partial charge on any atom is 0.0965 e. The average Bonchev–Trinajstić information content (AvgIpc) is 2.64. The zero-order chi connectivity index (χ0) is 12.7. The summed E-state index contributed by atoms with van der Waals surface area (Å²) in [6.07, 6.45) is 3.37. The second-order valence-electron chi connectivity index (χ2n) is 6.85. The molecule has 1 unspecified atom stereocenters. The average molecular weight is 236 g/mol. The van der Waals surface area contributed by atoms with E-state index in [-0.39, 0.29) is 5.54 Å². The zero-order valence-electron chi connectivity index (χ0n) is 11.6. The normalized spacial score (nSPS) is 22.8. The molecule has 1 heterocycles. The molecule has 1 saturated carbocycles. The first-order valence-corrected chi connectivity index (χ1v) is 6.41. The van der Waals surface area contributed by atoms with Gasteiger partial charge >= 0.3 is 0 Å². The third-order valence-corrected chi connectivity index (χ3v) is 3.64. The number of hydrogen-bond donors (Lipinski definition) is 1. The van der Waals surface area contributed by atoms with Crippen LogP contribution in [-0.2, 0) is 12.1 Å². The zero-order valence-corrected chi connectivity index (χ0v) is 11.6. The fourth-order valence-corrected chi connectivity index (χ4v) is 2.01. The van der Waals surface area contributed by atoms with Gasteiger partial charge in [-0.2, -0.15) is 0 Å². The van der Waals surface area contributed by atoms with Crippen molar-refractivity contribution in [2.75, 3.05) is 6.54 Å². The first kappa shape index (κ1) is 12.6. The number of hydrogen-bond acceptors (Lipinski definition) is 3. The van der Waals surface area contributed by atoms with E-state index in [1.54, 1.807) is 0 Å². The van der Waals surface area contributed by atoms with Crippen LogP contribution in [0.3, 0.4) is 0 Å². The standard InChI is InChI=1S/C13H24N4/c1-12(2,3)17-9-11(15-16-17)8-14-7-10-6-13(10,4)5/h9-10,14H,6-8H2,1-5H3. The van der Waals surface area contributed by atoms with Crippen molar-refractivity contribution >= 4 is 0 Å². The van der Waals surface area contributed by atoms with E-state index in [0.29, 0.717) is 5.41 Å². The highest BCUT2D eigenvalue weighted by Gasteiger charge is 2.44. The molecule has 0 radical (unpaired) electrons. The number of rotatable bonds is 4. The molecule has 1 fully saturated rings. The Hall–Kier alpha value is -0.900. The van der Waals surface area contributed by atoms with Gasteiger partial charge < -0.3 is 5.32 Å². The van der Waals surface area contributed by atoms with Crippen molar-refractivity contribution in [1.82, 2.24) is 20.3 Å². The van der Waals surface area contributed by atoms with E-state index in [2.05, 4.69) is 50.2 Å². The molecule has 1 atom stereocenters. The molecule has 0 amide bonds. The lowest BCUT2D eigenvalue weighted by atomic mass is 10.1. The Morgan fingerprint density at radius 3 is 2.59 bits per heavy atom. The predicted octanol–water partition coefficient (Wildman–Crippen LogP) is 2.17. The summed E-state index contributed by atoms with van der Waals surface area (Å²) in [5.41, 5.74) is 1.60. The summed E-state index contributed by atoms with van der Waals surface area (Å²) >= 11 is 0. The van der Waals surface area contributed by atoms with Crippen LogP contribution in [0.25, 0.3) is 0 Å². The molecule has 0 aromatic carbocycles. The summed E-state index contributed by atoms with van der Waals surface area (Å²) in [5, 5.41) is 11.8. The maximum absolute atomic E-state index is 4.19. The van der Waals surface area contributed by atoms with Gasteiger partial charge in [-0.3, -0.25) is 0 Å². The van der Waals surface area contributed by atoms with Gasteiger partial charge in [-0.25, -0.2) is 4.68 Å². The van der Waals surface area contributed by atoms with Gasteiger partial charge in [0.15, 0.2) is 0 Å². The summed E-state index contributed by atoms with van der Waals surface area (Å²) in [5.74, 6) is 0.833. The lowest BCUT2D eigenvalue weighted by molar-refractivity contribution is 0.347. The van der Waals surface area contributed by atoms with Gasteiger partial charge in [0.2, 0.25) is 0 Å². The highest BCUT2D eigenvalue weighted by atomic mass is 15.4. The molecule has 1 aliphatic carbocycles. The Labute approximate surface area is 104 Å². The molecule has 1 N–H and O–H groups in total. The van der Waals surface area contributed by atoms with Crippen LogP contribution in [0.15, 0.2) is 6.20 Å². The van der Waals surface area contributed by atoms with Crippen molar-refractivity contribution < 1.29 is 0 Å². The molecule has 0 bridgehead atoms. The minimum absolute atomic E-state index is 0.0176. The molecule has 4 nitrogen and oxygen atoms in total. The first-order chi connectivity index (χ1) is 7.79. The molecule has 1 aromatic rings. The Morgan fingerprint density at radius 1 is 1.47 bits per heavy atom. The third-order valence-electron chi connectivity index (χ3n) is 3.64. The van der Waals surface area contributed by atoms with Gasteiger partial charge in [0.05, 0.1) is 17.4 Å². The highest BCUT2D eigenvalue weighted by molar-refractivity contribution is 4.98. The van der Waals surface area contributed by atoms with Crippen molar-refractivity contribution in [2.45, 2.75) is 53.1 Å². The minimum atomic E-state index is 0.0176. The molecule has 0 saturated heterocycles. The summed E-state index contributed by atoms with van der Waals surface area (Å²) in [7, 11) is 0.